The molecule has 2 aromatic rings. The molecule has 0 unspecified atom stereocenters. The van der Waals surface area contributed by atoms with E-state index >= 15 is 0 Å². The van der Waals surface area contributed by atoms with Crippen molar-refractivity contribution in [2.75, 3.05) is 0 Å². The number of halogens is 1. The first kappa shape index (κ1) is 12.4. The fourth-order valence-electron chi connectivity index (χ4n) is 1.50. The van der Waals surface area contributed by atoms with Crippen LogP contribution in [0.4, 0.5) is 0 Å². The molecule has 82 valence electrons. The molecule has 0 saturated carbocycles. The molecule has 2 rings (SSSR count). The van der Waals surface area contributed by atoms with Gasteiger partial charge in [-0.25, -0.2) is 0 Å². The van der Waals surface area contributed by atoms with Gasteiger partial charge in [-0.05, 0) is 0 Å². The molecule has 0 amide bonds. The van der Waals surface area contributed by atoms with Crippen LogP contribution in [0.1, 0.15) is 11.1 Å². The first-order valence-corrected chi connectivity index (χ1v) is 15.2. The Morgan fingerprint density at radius 1 is 0.688 bits per heavy atom. The minimum atomic E-state index is -1.45. The summed E-state index contributed by atoms with van der Waals surface area (Å²) in [6.07, 6.45) is 0. The quantitative estimate of drug-likeness (QED) is 0.507. The zero-order valence-corrected chi connectivity index (χ0v) is 14.2. The third-order valence-electron chi connectivity index (χ3n) is 2.52. The van der Waals surface area contributed by atoms with Gasteiger partial charge >= 0.3 is 115 Å². The Hall–Kier alpha value is -0.0118. The molecule has 0 N–H and O–H groups in total. The first-order valence-electron chi connectivity index (χ1n) is 5.26. The molecule has 0 heterocycles. The van der Waals surface area contributed by atoms with E-state index in [2.05, 4.69) is 80.9 Å². The summed E-state index contributed by atoms with van der Waals surface area (Å²) in [6, 6.07) is 18.1. The fraction of sp³-hybridized carbons (Fsp3) is 0.143. The standard InChI is InChI=1S/2C7H7.HI.Sb/c2*1-7-5-3-2-4-6-7;;/h2*3-6H,1H3;1H;/q;;;+1/p-1. The van der Waals surface area contributed by atoms with Gasteiger partial charge in [-0.3, -0.25) is 0 Å². The summed E-state index contributed by atoms with van der Waals surface area (Å²) in [5, 5.41) is 0. The molecule has 0 aromatic heterocycles. The number of benzene rings is 2. The molecule has 0 atom stereocenters. The van der Waals surface area contributed by atoms with Crippen LogP contribution >= 0.6 is 18.5 Å². The van der Waals surface area contributed by atoms with Gasteiger partial charge in [0.25, 0.3) is 0 Å². The van der Waals surface area contributed by atoms with Crippen molar-refractivity contribution in [1.82, 2.24) is 0 Å². The molecule has 16 heavy (non-hydrogen) atoms. The molecule has 0 fully saturated rings. The molecule has 0 aliphatic carbocycles. The fourth-order valence-corrected chi connectivity index (χ4v) is 9.01. The Kier molecular flexibility index (Phi) is 4.32. The molecule has 0 nitrogen and oxygen atoms in total. The normalized spacial score (nSPS) is 10.8. The van der Waals surface area contributed by atoms with Gasteiger partial charge in [-0.15, -0.1) is 0 Å². The Morgan fingerprint density at radius 3 is 1.31 bits per heavy atom. The van der Waals surface area contributed by atoms with Gasteiger partial charge in [-0.1, -0.05) is 0 Å². The van der Waals surface area contributed by atoms with Crippen molar-refractivity contribution < 1.29 is 0 Å². The van der Waals surface area contributed by atoms with E-state index in [1.54, 1.807) is 7.02 Å². The molecule has 2 heteroatoms. The van der Waals surface area contributed by atoms with Crippen LogP contribution < -0.4 is 7.02 Å². The van der Waals surface area contributed by atoms with E-state index in [1.807, 2.05) is 0 Å². The number of hydrogen-bond donors (Lipinski definition) is 0. The van der Waals surface area contributed by atoms with E-state index in [-0.39, 0.29) is 0 Å². The summed E-state index contributed by atoms with van der Waals surface area (Å²) in [6.45, 7) is 4.29. The number of aryl methyl sites for hydroxylation is 2. The van der Waals surface area contributed by atoms with Crippen molar-refractivity contribution in [1.29, 1.82) is 0 Å². The molecule has 0 aliphatic heterocycles. The predicted molar refractivity (Wildman–Crippen MR) is 81.4 cm³/mol. The zero-order valence-electron chi connectivity index (χ0n) is 9.44. The average Bonchev–Trinajstić information content (AvgIpc) is 2.30. The zero-order chi connectivity index (χ0) is 11.5. The maximum atomic E-state index is 2.68. The Bertz CT molecular complexity index is 414. The van der Waals surface area contributed by atoms with Gasteiger partial charge in [0.15, 0.2) is 0 Å². The molecule has 0 bridgehead atoms. The van der Waals surface area contributed by atoms with Gasteiger partial charge < -0.3 is 0 Å². The van der Waals surface area contributed by atoms with Crippen molar-refractivity contribution >= 4 is 41.7 Å². The summed E-state index contributed by atoms with van der Waals surface area (Å²) >= 11 is 1.23. The van der Waals surface area contributed by atoms with Crippen LogP contribution in [0.15, 0.2) is 48.5 Å². The van der Waals surface area contributed by atoms with E-state index in [0.717, 1.165) is 0 Å². The summed E-state index contributed by atoms with van der Waals surface area (Å²) < 4.78 is 3.11. The maximum absolute atomic E-state index is 2.68. The van der Waals surface area contributed by atoms with E-state index in [9.17, 15) is 0 Å². The predicted octanol–water partition coefficient (Wildman–Crippen LogP) is 2.84. The summed E-state index contributed by atoms with van der Waals surface area (Å²) in [4.78, 5) is 0. The van der Waals surface area contributed by atoms with Crippen LogP contribution in [0.3, 0.4) is 0 Å². The summed E-state index contributed by atoms with van der Waals surface area (Å²) in [7, 11) is 0. The average molecular weight is 431 g/mol. The Labute approximate surface area is 114 Å². The molecule has 0 aliphatic rings. The van der Waals surface area contributed by atoms with E-state index < -0.39 is 16.2 Å². The minimum absolute atomic E-state index is 1.35. The monoisotopic (exact) mass is 430 g/mol. The molecular weight excluding hydrogens is 417 g/mol. The second-order valence-electron chi connectivity index (χ2n) is 3.95. The van der Waals surface area contributed by atoms with Gasteiger partial charge in [-0.2, -0.15) is 0 Å². The number of rotatable bonds is 2. The second kappa shape index (κ2) is 5.55. The second-order valence-corrected chi connectivity index (χ2v) is 15.0. The van der Waals surface area contributed by atoms with E-state index in [0.29, 0.717) is 0 Å². The Morgan fingerprint density at radius 2 is 1.00 bits per heavy atom. The van der Waals surface area contributed by atoms with Crippen LogP contribution in [0.25, 0.3) is 0 Å². The van der Waals surface area contributed by atoms with Crippen molar-refractivity contribution in [2.45, 2.75) is 13.8 Å². The summed E-state index contributed by atoms with van der Waals surface area (Å²) in [5.41, 5.74) is 2.69. The van der Waals surface area contributed by atoms with Crippen LogP contribution in [-0.4, -0.2) is 16.2 Å². The number of hydrogen-bond acceptors (Lipinski definition) is 0. The topological polar surface area (TPSA) is 0 Å². The third-order valence-corrected chi connectivity index (χ3v) is 14.3. The van der Waals surface area contributed by atoms with Crippen LogP contribution in [0, 0.1) is 13.8 Å². The van der Waals surface area contributed by atoms with Crippen molar-refractivity contribution in [2.24, 2.45) is 0 Å². The van der Waals surface area contributed by atoms with Crippen molar-refractivity contribution in [3.63, 3.8) is 0 Å². The van der Waals surface area contributed by atoms with Crippen LogP contribution in [0.5, 0.6) is 0 Å². The van der Waals surface area contributed by atoms with E-state index in [4.69, 9.17) is 0 Å². The summed E-state index contributed by atoms with van der Waals surface area (Å²) in [5.74, 6) is 0. The van der Waals surface area contributed by atoms with Gasteiger partial charge in [0.2, 0.25) is 0 Å². The van der Waals surface area contributed by atoms with Crippen molar-refractivity contribution in [3.05, 3.63) is 59.7 Å². The Balaban J connectivity index is 2.28. The van der Waals surface area contributed by atoms with Crippen LogP contribution in [0.2, 0.25) is 0 Å². The van der Waals surface area contributed by atoms with E-state index in [1.165, 1.54) is 11.1 Å². The molecule has 0 radical (unpaired) electrons. The molecule has 0 saturated heterocycles. The molecular formula is C14H14ISb. The van der Waals surface area contributed by atoms with Crippen molar-refractivity contribution in [3.8, 4) is 0 Å². The SMILES string of the molecule is Cc1cc[c]([Sb]([I])[c]2ccc(C)cc2)cc1. The van der Waals surface area contributed by atoms with Gasteiger partial charge in [0.05, 0.1) is 0 Å². The van der Waals surface area contributed by atoms with Gasteiger partial charge in [0.1, 0.15) is 0 Å². The third kappa shape index (κ3) is 3.01. The van der Waals surface area contributed by atoms with Gasteiger partial charge in [0, 0.05) is 0 Å². The molecule has 2 aromatic carbocycles. The first-order chi connectivity index (χ1) is 7.66. The van der Waals surface area contributed by atoms with Crippen LogP contribution in [-0.2, 0) is 0 Å². The molecule has 0 spiro atoms.